The molecule has 0 unspecified atom stereocenters. The van der Waals surface area contributed by atoms with Crippen molar-refractivity contribution in [2.45, 2.75) is 12.3 Å². The Morgan fingerprint density at radius 1 is 0.339 bits per heavy atom. The van der Waals surface area contributed by atoms with Crippen molar-refractivity contribution in [3.05, 3.63) is 252 Å². The zero-order valence-corrected chi connectivity index (χ0v) is 31.3. The van der Waals surface area contributed by atoms with Gasteiger partial charge in [0.15, 0.2) is 0 Å². The van der Waals surface area contributed by atoms with Gasteiger partial charge in [0.05, 0.1) is 11.1 Å². The Hall–Kier alpha value is -7.16. The standard InChI is InChI=1S/C54H40N2/c1-39-31-33-45(34-32-39)56(44-27-15-6-16-28-44)52-38-51-53(48-30-18-17-29-47(48)52)49-36-35-46(55(42-23-11-4-12-24-42)43-25-13-5-14-26-43)37-50(49)54(51,40-19-7-2-8-20-40)41-21-9-3-10-22-41/h2-38H,1H3. The van der Waals surface area contributed by atoms with Gasteiger partial charge < -0.3 is 9.80 Å². The topological polar surface area (TPSA) is 6.48 Å². The molecule has 0 aliphatic heterocycles. The van der Waals surface area contributed by atoms with E-state index < -0.39 is 5.41 Å². The third-order valence-electron chi connectivity index (χ3n) is 11.4. The Morgan fingerprint density at radius 2 is 0.768 bits per heavy atom. The molecule has 2 heteroatoms. The molecule has 0 spiro atoms. The highest BCUT2D eigenvalue weighted by molar-refractivity contribution is 6.11. The first kappa shape index (κ1) is 33.4. The van der Waals surface area contributed by atoms with Crippen LogP contribution >= 0.6 is 0 Å². The van der Waals surface area contributed by atoms with E-state index in [0.29, 0.717) is 0 Å². The second-order valence-corrected chi connectivity index (χ2v) is 14.6. The van der Waals surface area contributed by atoms with Crippen LogP contribution < -0.4 is 9.80 Å². The van der Waals surface area contributed by atoms with E-state index in [1.807, 2.05) is 0 Å². The SMILES string of the molecule is Cc1ccc(N(c2ccccc2)c2cc3c(c4ccccc24)-c2ccc(N(c4ccccc4)c4ccccc4)cc2C3(c2ccccc2)c2ccccc2)cc1. The normalized spacial score (nSPS) is 12.5. The van der Waals surface area contributed by atoms with Crippen LogP contribution in [0, 0.1) is 6.92 Å². The van der Waals surface area contributed by atoms with Crippen LogP contribution in [0.15, 0.2) is 224 Å². The molecule has 0 N–H and O–H groups in total. The second kappa shape index (κ2) is 13.9. The summed E-state index contributed by atoms with van der Waals surface area (Å²) >= 11 is 0. The van der Waals surface area contributed by atoms with Gasteiger partial charge in [0, 0.05) is 33.8 Å². The van der Waals surface area contributed by atoms with Crippen molar-refractivity contribution in [2.75, 3.05) is 9.80 Å². The van der Waals surface area contributed by atoms with Crippen molar-refractivity contribution in [1.29, 1.82) is 0 Å². The zero-order valence-electron chi connectivity index (χ0n) is 31.3. The lowest BCUT2D eigenvalue weighted by molar-refractivity contribution is 0.769. The fraction of sp³-hybridized carbons (Fsp3) is 0.0370. The third-order valence-corrected chi connectivity index (χ3v) is 11.4. The van der Waals surface area contributed by atoms with Crippen LogP contribution in [0.4, 0.5) is 34.1 Å². The molecular formula is C54H40N2. The van der Waals surface area contributed by atoms with Gasteiger partial charge in [-0.15, -0.1) is 0 Å². The summed E-state index contributed by atoms with van der Waals surface area (Å²) < 4.78 is 0. The van der Waals surface area contributed by atoms with E-state index in [0.717, 1.165) is 34.1 Å². The second-order valence-electron chi connectivity index (χ2n) is 14.6. The maximum Gasteiger partial charge on any atom is 0.0715 e. The van der Waals surface area contributed by atoms with Gasteiger partial charge in [-0.25, -0.2) is 0 Å². The number of hydrogen-bond acceptors (Lipinski definition) is 2. The van der Waals surface area contributed by atoms with Crippen LogP contribution in [0.3, 0.4) is 0 Å². The maximum absolute atomic E-state index is 2.50. The molecule has 56 heavy (non-hydrogen) atoms. The molecule has 0 bridgehead atoms. The molecule has 1 aliphatic carbocycles. The molecule has 0 saturated heterocycles. The van der Waals surface area contributed by atoms with Crippen molar-refractivity contribution in [2.24, 2.45) is 0 Å². The van der Waals surface area contributed by atoms with Gasteiger partial charge in [-0.2, -0.15) is 0 Å². The number of para-hydroxylation sites is 3. The summed E-state index contributed by atoms with van der Waals surface area (Å²) in [5.74, 6) is 0. The lowest BCUT2D eigenvalue weighted by atomic mass is 9.67. The number of anilines is 6. The molecule has 9 aromatic rings. The number of aryl methyl sites for hydroxylation is 1. The largest absolute Gasteiger partial charge is 0.310 e. The first-order chi connectivity index (χ1) is 27.7. The van der Waals surface area contributed by atoms with E-state index in [9.17, 15) is 0 Å². The first-order valence-corrected chi connectivity index (χ1v) is 19.4. The molecule has 2 nitrogen and oxygen atoms in total. The predicted octanol–water partition coefficient (Wildman–Crippen LogP) is 14.5. The van der Waals surface area contributed by atoms with Crippen molar-refractivity contribution in [3.8, 4) is 11.1 Å². The highest BCUT2D eigenvalue weighted by atomic mass is 15.1. The van der Waals surface area contributed by atoms with Crippen LogP contribution in [0.5, 0.6) is 0 Å². The fourth-order valence-corrected chi connectivity index (χ4v) is 8.94. The van der Waals surface area contributed by atoms with E-state index in [1.54, 1.807) is 0 Å². The van der Waals surface area contributed by atoms with Crippen molar-refractivity contribution >= 4 is 44.9 Å². The van der Waals surface area contributed by atoms with Gasteiger partial charge in [-0.05, 0) is 112 Å². The highest BCUT2D eigenvalue weighted by Crippen LogP contribution is 2.60. The summed E-state index contributed by atoms with van der Waals surface area (Å²) in [6.07, 6.45) is 0. The van der Waals surface area contributed by atoms with Crippen molar-refractivity contribution in [3.63, 3.8) is 0 Å². The first-order valence-electron chi connectivity index (χ1n) is 19.4. The monoisotopic (exact) mass is 716 g/mol. The summed E-state index contributed by atoms with van der Waals surface area (Å²) in [5, 5.41) is 2.44. The van der Waals surface area contributed by atoms with Crippen LogP contribution in [-0.2, 0) is 5.41 Å². The number of benzene rings is 9. The van der Waals surface area contributed by atoms with Crippen LogP contribution in [0.25, 0.3) is 21.9 Å². The van der Waals surface area contributed by atoms with Crippen LogP contribution in [-0.4, -0.2) is 0 Å². The molecule has 0 aromatic heterocycles. The lowest BCUT2D eigenvalue weighted by Crippen LogP contribution is -2.29. The Kier molecular flexibility index (Phi) is 8.30. The van der Waals surface area contributed by atoms with Gasteiger partial charge >= 0.3 is 0 Å². The molecule has 266 valence electrons. The molecule has 10 rings (SSSR count). The van der Waals surface area contributed by atoms with E-state index in [2.05, 4.69) is 241 Å². The Balaban J connectivity index is 1.33. The summed E-state index contributed by atoms with van der Waals surface area (Å²) in [6.45, 7) is 2.15. The number of rotatable bonds is 8. The van der Waals surface area contributed by atoms with Gasteiger partial charge in [0.25, 0.3) is 0 Å². The van der Waals surface area contributed by atoms with E-state index in [1.165, 1.54) is 49.7 Å². The lowest BCUT2D eigenvalue weighted by Gasteiger charge is -2.36. The molecule has 0 heterocycles. The summed E-state index contributed by atoms with van der Waals surface area (Å²) in [7, 11) is 0. The molecule has 0 amide bonds. The zero-order chi connectivity index (χ0) is 37.5. The minimum atomic E-state index is -0.628. The molecule has 9 aromatic carbocycles. The van der Waals surface area contributed by atoms with Crippen LogP contribution in [0.1, 0.15) is 27.8 Å². The van der Waals surface area contributed by atoms with Gasteiger partial charge in [-0.3, -0.25) is 0 Å². The Morgan fingerprint density at radius 3 is 1.30 bits per heavy atom. The van der Waals surface area contributed by atoms with E-state index in [4.69, 9.17) is 0 Å². The average molecular weight is 717 g/mol. The minimum Gasteiger partial charge on any atom is -0.310 e. The molecule has 0 atom stereocenters. The molecule has 0 fully saturated rings. The fourth-order valence-electron chi connectivity index (χ4n) is 8.94. The van der Waals surface area contributed by atoms with E-state index in [-0.39, 0.29) is 0 Å². The van der Waals surface area contributed by atoms with Gasteiger partial charge in [0.1, 0.15) is 0 Å². The van der Waals surface area contributed by atoms with Crippen LogP contribution in [0.2, 0.25) is 0 Å². The quantitative estimate of drug-likeness (QED) is 0.154. The van der Waals surface area contributed by atoms with Gasteiger partial charge in [0.2, 0.25) is 0 Å². The third kappa shape index (κ3) is 5.41. The number of fused-ring (bicyclic) bond motifs is 5. The summed E-state index contributed by atoms with van der Waals surface area (Å²) in [4.78, 5) is 4.81. The number of hydrogen-bond donors (Lipinski definition) is 0. The average Bonchev–Trinajstić information content (AvgIpc) is 3.57. The van der Waals surface area contributed by atoms with Gasteiger partial charge in [-0.1, -0.05) is 163 Å². The summed E-state index contributed by atoms with van der Waals surface area (Å²) in [6, 6.07) is 82.0. The predicted molar refractivity (Wildman–Crippen MR) is 235 cm³/mol. The molecule has 0 radical (unpaired) electrons. The summed E-state index contributed by atoms with van der Waals surface area (Å²) in [5.41, 5.74) is 14.9. The Labute approximate surface area is 329 Å². The van der Waals surface area contributed by atoms with E-state index >= 15 is 0 Å². The smallest absolute Gasteiger partial charge is 0.0715 e. The van der Waals surface area contributed by atoms with Crippen molar-refractivity contribution in [1.82, 2.24) is 0 Å². The maximum atomic E-state index is 2.50. The number of nitrogens with zero attached hydrogens (tertiary/aromatic N) is 2. The molecule has 1 aliphatic rings. The molecular weight excluding hydrogens is 677 g/mol. The minimum absolute atomic E-state index is 0.628. The molecule has 0 saturated carbocycles. The van der Waals surface area contributed by atoms with Crippen molar-refractivity contribution < 1.29 is 0 Å². The highest BCUT2D eigenvalue weighted by Gasteiger charge is 2.47. The Bertz CT molecular complexity index is 2700.